The fourth-order valence-corrected chi connectivity index (χ4v) is 3.81. The SMILES string of the molecule is Cc1cc(C)c(-c2cnc(NC(=O)c3cccc(Cc4cnn(C)c4)c3)n2C)cc1C. The Morgan fingerprint density at radius 1 is 0.968 bits per heavy atom. The Morgan fingerprint density at radius 2 is 1.74 bits per heavy atom. The van der Waals surface area contributed by atoms with Crippen LogP contribution >= 0.6 is 0 Å². The van der Waals surface area contributed by atoms with Gasteiger partial charge in [-0.1, -0.05) is 18.2 Å². The molecule has 0 aliphatic carbocycles. The summed E-state index contributed by atoms with van der Waals surface area (Å²) in [6.45, 7) is 6.32. The van der Waals surface area contributed by atoms with E-state index < -0.39 is 0 Å². The second-order valence-electron chi connectivity index (χ2n) is 8.13. The smallest absolute Gasteiger partial charge is 0.257 e. The summed E-state index contributed by atoms with van der Waals surface area (Å²) in [7, 11) is 3.82. The molecule has 0 unspecified atom stereocenters. The van der Waals surface area contributed by atoms with Crippen LogP contribution < -0.4 is 5.32 Å². The monoisotopic (exact) mass is 413 g/mol. The number of carbonyl (C=O) groups is 1. The zero-order valence-electron chi connectivity index (χ0n) is 18.6. The van der Waals surface area contributed by atoms with Crippen molar-refractivity contribution in [1.29, 1.82) is 0 Å². The van der Waals surface area contributed by atoms with E-state index in [0.717, 1.165) is 28.8 Å². The maximum Gasteiger partial charge on any atom is 0.257 e. The lowest BCUT2D eigenvalue weighted by Crippen LogP contribution is -2.15. The van der Waals surface area contributed by atoms with Gasteiger partial charge in [0.15, 0.2) is 0 Å². The number of hydrogen-bond donors (Lipinski definition) is 1. The number of imidazole rings is 1. The van der Waals surface area contributed by atoms with Gasteiger partial charge in [0.25, 0.3) is 5.91 Å². The molecule has 6 nitrogen and oxygen atoms in total. The number of aromatic nitrogens is 4. The molecular formula is C25H27N5O. The highest BCUT2D eigenvalue weighted by Gasteiger charge is 2.15. The maximum atomic E-state index is 12.9. The van der Waals surface area contributed by atoms with Gasteiger partial charge >= 0.3 is 0 Å². The molecule has 0 bridgehead atoms. The summed E-state index contributed by atoms with van der Waals surface area (Å²) in [5.41, 5.74) is 8.56. The van der Waals surface area contributed by atoms with Crippen molar-refractivity contribution in [1.82, 2.24) is 19.3 Å². The van der Waals surface area contributed by atoms with Gasteiger partial charge in [0.1, 0.15) is 0 Å². The van der Waals surface area contributed by atoms with E-state index in [9.17, 15) is 4.79 Å². The highest BCUT2D eigenvalue weighted by Crippen LogP contribution is 2.28. The van der Waals surface area contributed by atoms with Gasteiger partial charge in [-0.05, 0) is 66.8 Å². The van der Waals surface area contributed by atoms with E-state index in [0.29, 0.717) is 11.5 Å². The summed E-state index contributed by atoms with van der Waals surface area (Å²) in [4.78, 5) is 17.4. The van der Waals surface area contributed by atoms with Crippen molar-refractivity contribution in [2.45, 2.75) is 27.2 Å². The summed E-state index contributed by atoms with van der Waals surface area (Å²) in [6, 6.07) is 12.0. The Morgan fingerprint density at radius 3 is 2.48 bits per heavy atom. The number of benzene rings is 2. The number of nitrogens with one attached hydrogen (secondary N) is 1. The number of aryl methyl sites for hydroxylation is 4. The van der Waals surface area contributed by atoms with Gasteiger partial charge in [0, 0.05) is 37.8 Å². The zero-order chi connectivity index (χ0) is 22.1. The van der Waals surface area contributed by atoms with Crippen LogP contribution in [0.2, 0.25) is 0 Å². The molecule has 2 aromatic carbocycles. The minimum atomic E-state index is -0.176. The fraction of sp³-hybridized carbons (Fsp3) is 0.240. The summed E-state index contributed by atoms with van der Waals surface area (Å²) in [6.07, 6.45) is 6.37. The lowest BCUT2D eigenvalue weighted by molar-refractivity contribution is 0.102. The van der Waals surface area contributed by atoms with Gasteiger partial charge in [-0.25, -0.2) is 4.98 Å². The third-order valence-electron chi connectivity index (χ3n) is 5.69. The molecule has 0 spiro atoms. The van der Waals surface area contributed by atoms with Crippen LogP contribution in [0.4, 0.5) is 5.95 Å². The largest absolute Gasteiger partial charge is 0.313 e. The van der Waals surface area contributed by atoms with Crippen LogP contribution in [0, 0.1) is 20.8 Å². The molecule has 0 atom stereocenters. The van der Waals surface area contributed by atoms with E-state index in [1.54, 1.807) is 4.68 Å². The minimum Gasteiger partial charge on any atom is -0.313 e. The predicted octanol–water partition coefficient (Wildman–Crippen LogP) is 4.59. The van der Waals surface area contributed by atoms with Gasteiger partial charge in [-0.3, -0.25) is 14.8 Å². The van der Waals surface area contributed by atoms with Gasteiger partial charge in [0.2, 0.25) is 5.95 Å². The fourth-order valence-electron chi connectivity index (χ4n) is 3.81. The van der Waals surface area contributed by atoms with Gasteiger partial charge < -0.3 is 4.57 Å². The zero-order valence-corrected chi connectivity index (χ0v) is 18.6. The molecule has 1 N–H and O–H groups in total. The molecule has 0 radical (unpaired) electrons. The highest BCUT2D eigenvalue weighted by molar-refractivity contribution is 6.03. The average Bonchev–Trinajstić information content (AvgIpc) is 3.30. The molecule has 0 fully saturated rings. The molecule has 4 aromatic rings. The third-order valence-corrected chi connectivity index (χ3v) is 5.69. The van der Waals surface area contributed by atoms with Crippen LogP contribution in [0.15, 0.2) is 55.0 Å². The van der Waals surface area contributed by atoms with Crippen LogP contribution in [-0.2, 0) is 20.5 Å². The second-order valence-corrected chi connectivity index (χ2v) is 8.13. The number of amides is 1. The Balaban J connectivity index is 1.55. The normalized spacial score (nSPS) is 11.0. The van der Waals surface area contributed by atoms with Crippen molar-refractivity contribution in [3.63, 3.8) is 0 Å². The van der Waals surface area contributed by atoms with Crippen molar-refractivity contribution in [3.05, 3.63) is 88.4 Å². The van der Waals surface area contributed by atoms with Gasteiger partial charge in [-0.2, -0.15) is 5.10 Å². The van der Waals surface area contributed by atoms with Crippen molar-refractivity contribution in [2.24, 2.45) is 14.1 Å². The topological polar surface area (TPSA) is 64.7 Å². The quantitative estimate of drug-likeness (QED) is 0.520. The van der Waals surface area contributed by atoms with E-state index in [-0.39, 0.29) is 5.91 Å². The van der Waals surface area contributed by atoms with Crippen LogP contribution in [0.1, 0.15) is 38.2 Å². The van der Waals surface area contributed by atoms with Crippen LogP contribution in [0.25, 0.3) is 11.3 Å². The van der Waals surface area contributed by atoms with Crippen molar-refractivity contribution >= 4 is 11.9 Å². The van der Waals surface area contributed by atoms with E-state index in [4.69, 9.17) is 0 Å². The number of hydrogen-bond acceptors (Lipinski definition) is 3. The number of rotatable bonds is 5. The molecule has 158 valence electrons. The molecule has 6 heteroatoms. The number of anilines is 1. The lowest BCUT2D eigenvalue weighted by atomic mass is 9.99. The van der Waals surface area contributed by atoms with Crippen molar-refractivity contribution < 1.29 is 4.79 Å². The average molecular weight is 414 g/mol. The molecule has 2 aromatic heterocycles. The molecule has 0 aliphatic rings. The van der Waals surface area contributed by atoms with Gasteiger partial charge in [0.05, 0.1) is 18.1 Å². The van der Waals surface area contributed by atoms with E-state index >= 15 is 0 Å². The molecular weight excluding hydrogens is 386 g/mol. The van der Waals surface area contributed by atoms with Gasteiger partial charge in [-0.15, -0.1) is 0 Å². The molecule has 0 saturated heterocycles. The summed E-state index contributed by atoms with van der Waals surface area (Å²) in [5.74, 6) is 0.348. The first-order valence-electron chi connectivity index (χ1n) is 10.3. The summed E-state index contributed by atoms with van der Waals surface area (Å²) in [5, 5.41) is 7.16. The number of carbonyl (C=O) groups excluding carboxylic acids is 1. The first kappa shape index (κ1) is 20.6. The van der Waals surface area contributed by atoms with E-state index in [1.807, 2.05) is 61.5 Å². The van der Waals surface area contributed by atoms with E-state index in [2.05, 4.69) is 48.3 Å². The molecule has 0 aliphatic heterocycles. The Labute approximate surface area is 182 Å². The first-order valence-corrected chi connectivity index (χ1v) is 10.3. The van der Waals surface area contributed by atoms with Crippen LogP contribution in [0.5, 0.6) is 0 Å². The lowest BCUT2D eigenvalue weighted by Gasteiger charge is -2.12. The number of nitrogens with zero attached hydrogens (tertiary/aromatic N) is 4. The second kappa shape index (κ2) is 8.22. The first-order chi connectivity index (χ1) is 14.8. The van der Waals surface area contributed by atoms with Crippen LogP contribution in [0.3, 0.4) is 0 Å². The van der Waals surface area contributed by atoms with Crippen LogP contribution in [-0.4, -0.2) is 25.2 Å². The van der Waals surface area contributed by atoms with Crippen molar-refractivity contribution in [3.8, 4) is 11.3 Å². The summed E-state index contributed by atoms with van der Waals surface area (Å²) < 4.78 is 3.70. The highest BCUT2D eigenvalue weighted by atomic mass is 16.1. The molecule has 1 amide bonds. The molecule has 4 rings (SSSR count). The minimum absolute atomic E-state index is 0.176. The van der Waals surface area contributed by atoms with E-state index in [1.165, 1.54) is 16.7 Å². The third kappa shape index (κ3) is 4.28. The Kier molecular flexibility index (Phi) is 5.46. The summed E-state index contributed by atoms with van der Waals surface area (Å²) >= 11 is 0. The maximum absolute atomic E-state index is 12.9. The Bertz CT molecular complexity index is 1260. The Hall–Kier alpha value is -3.67. The molecule has 0 saturated carbocycles. The standard InChI is InChI=1S/C25H27N5O/c1-16-9-18(3)22(10-17(16)2)23-14-26-25(30(23)5)28-24(31)21-8-6-7-19(12-21)11-20-13-27-29(4)15-20/h6-10,12-15H,11H2,1-5H3,(H,26,28,31). The molecule has 31 heavy (non-hydrogen) atoms. The molecule has 2 heterocycles. The van der Waals surface area contributed by atoms with Crippen molar-refractivity contribution in [2.75, 3.05) is 5.32 Å². The predicted molar refractivity (Wildman–Crippen MR) is 123 cm³/mol.